The highest BCUT2D eigenvalue weighted by molar-refractivity contribution is 5.74. The van der Waals surface area contributed by atoms with Crippen molar-refractivity contribution < 1.29 is 4.42 Å². The SMILES string of the molecule is c1coc(-c2ncc3c(n2)CCN(Cc2ccc4cccnc4n2)C3)c1. The largest absolute Gasteiger partial charge is 0.461 e. The molecule has 26 heavy (non-hydrogen) atoms. The molecule has 0 N–H and O–H groups in total. The van der Waals surface area contributed by atoms with E-state index in [0.29, 0.717) is 11.6 Å². The first-order valence-electron chi connectivity index (χ1n) is 8.67. The normalized spacial score (nSPS) is 14.5. The van der Waals surface area contributed by atoms with Gasteiger partial charge < -0.3 is 4.42 Å². The van der Waals surface area contributed by atoms with Crippen molar-refractivity contribution >= 4 is 11.0 Å². The number of fused-ring (bicyclic) bond motifs is 2. The summed E-state index contributed by atoms with van der Waals surface area (Å²) < 4.78 is 5.40. The molecule has 5 rings (SSSR count). The molecule has 6 heteroatoms. The molecular formula is C20H17N5O. The van der Waals surface area contributed by atoms with Gasteiger partial charge >= 0.3 is 0 Å². The number of pyridine rings is 2. The van der Waals surface area contributed by atoms with Crippen molar-refractivity contribution in [2.75, 3.05) is 6.54 Å². The smallest absolute Gasteiger partial charge is 0.195 e. The summed E-state index contributed by atoms with van der Waals surface area (Å²) >= 11 is 0. The first-order valence-corrected chi connectivity index (χ1v) is 8.67. The highest BCUT2D eigenvalue weighted by Gasteiger charge is 2.20. The molecular weight excluding hydrogens is 326 g/mol. The van der Waals surface area contributed by atoms with Crippen LogP contribution in [0.2, 0.25) is 0 Å². The number of aromatic nitrogens is 4. The maximum absolute atomic E-state index is 5.40. The predicted octanol–water partition coefficient (Wildman–Crippen LogP) is 3.24. The molecule has 0 saturated carbocycles. The topological polar surface area (TPSA) is 67.9 Å². The van der Waals surface area contributed by atoms with E-state index in [-0.39, 0.29) is 0 Å². The van der Waals surface area contributed by atoms with E-state index >= 15 is 0 Å². The lowest BCUT2D eigenvalue weighted by atomic mass is 10.1. The van der Waals surface area contributed by atoms with Crippen LogP contribution in [0.15, 0.2) is 59.5 Å². The molecule has 0 atom stereocenters. The lowest BCUT2D eigenvalue weighted by Gasteiger charge is -2.27. The third-order valence-corrected chi connectivity index (χ3v) is 4.66. The molecule has 0 radical (unpaired) electrons. The Morgan fingerprint density at radius 2 is 2.04 bits per heavy atom. The Balaban J connectivity index is 1.35. The van der Waals surface area contributed by atoms with Crippen LogP contribution in [-0.2, 0) is 19.5 Å². The summed E-state index contributed by atoms with van der Waals surface area (Å²) in [4.78, 5) is 20.5. The van der Waals surface area contributed by atoms with Crippen LogP contribution < -0.4 is 0 Å². The van der Waals surface area contributed by atoms with Gasteiger partial charge in [-0.05, 0) is 36.4 Å². The van der Waals surface area contributed by atoms with Gasteiger partial charge in [0, 0.05) is 49.4 Å². The molecule has 1 aliphatic heterocycles. The molecule has 0 bridgehead atoms. The summed E-state index contributed by atoms with van der Waals surface area (Å²) in [6.45, 7) is 2.57. The van der Waals surface area contributed by atoms with E-state index < -0.39 is 0 Å². The van der Waals surface area contributed by atoms with Crippen LogP contribution >= 0.6 is 0 Å². The first kappa shape index (κ1) is 15.2. The average Bonchev–Trinajstić information content (AvgIpc) is 3.22. The molecule has 6 nitrogen and oxygen atoms in total. The summed E-state index contributed by atoms with van der Waals surface area (Å²) in [5.41, 5.74) is 4.11. The Hall–Kier alpha value is -3.12. The zero-order chi connectivity index (χ0) is 17.3. The van der Waals surface area contributed by atoms with E-state index in [1.165, 1.54) is 5.56 Å². The van der Waals surface area contributed by atoms with Crippen LogP contribution in [0, 0.1) is 0 Å². The van der Waals surface area contributed by atoms with E-state index in [1.54, 1.807) is 12.5 Å². The fourth-order valence-electron chi connectivity index (χ4n) is 3.34. The molecule has 0 saturated heterocycles. The van der Waals surface area contributed by atoms with E-state index in [1.807, 2.05) is 30.5 Å². The van der Waals surface area contributed by atoms with Crippen molar-refractivity contribution in [1.82, 2.24) is 24.8 Å². The quantitative estimate of drug-likeness (QED) is 0.569. The minimum atomic E-state index is 0.657. The zero-order valence-electron chi connectivity index (χ0n) is 14.2. The summed E-state index contributed by atoms with van der Waals surface area (Å²) in [6, 6.07) is 11.9. The van der Waals surface area contributed by atoms with Crippen LogP contribution in [0.3, 0.4) is 0 Å². The third kappa shape index (κ3) is 2.84. The molecule has 0 aromatic carbocycles. The lowest BCUT2D eigenvalue weighted by Crippen LogP contribution is -2.31. The molecule has 0 amide bonds. The predicted molar refractivity (Wildman–Crippen MR) is 97.1 cm³/mol. The Morgan fingerprint density at radius 1 is 1.04 bits per heavy atom. The maximum Gasteiger partial charge on any atom is 0.195 e. The Labute approximate surface area is 150 Å². The first-order chi connectivity index (χ1) is 12.8. The summed E-state index contributed by atoms with van der Waals surface area (Å²) in [7, 11) is 0. The van der Waals surface area contributed by atoms with Crippen molar-refractivity contribution in [2.24, 2.45) is 0 Å². The average molecular weight is 343 g/mol. The Bertz CT molecular complexity index is 1060. The zero-order valence-corrected chi connectivity index (χ0v) is 14.2. The van der Waals surface area contributed by atoms with E-state index in [2.05, 4.69) is 37.0 Å². The number of furan rings is 1. The minimum Gasteiger partial charge on any atom is -0.461 e. The number of nitrogens with zero attached hydrogens (tertiary/aromatic N) is 5. The van der Waals surface area contributed by atoms with Gasteiger partial charge in [-0.2, -0.15) is 0 Å². The minimum absolute atomic E-state index is 0.657. The highest BCUT2D eigenvalue weighted by atomic mass is 16.3. The fourth-order valence-corrected chi connectivity index (χ4v) is 3.34. The molecule has 4 aromatic rings. The molecule has 1 aliphatic rings. The number of hydrogen-bond acceptors (Lipinski definition) is 6. The second kappa shape index (κ2) is 6.31. The van der Waals surface area contributed by atoms with E-state index in [0.717, 1.165) is 48.5 Å². The van der Waals surface area contributed by atoms with Crippen molar-refractivity contribution in [3.05, 3.63) is 72.0 Å². The van der Waals surface area contributed by atoms with Crippen molar-refractivity contribution in [3.8, 4) is 11.6 Å². The van der Waals surface area contributed by atoms with Crippen molar-refractivity contribution in [3.63, 3.8) is 0 Å². The number of hydrogen-bond donors (Lipinski definition) is 0. The van der Waals surface area contributed by atoms with Gasteiger partial charge in [0.05, 0.1) is 17.7 Å². The van der Waals surface area contributed by atoms with Gasteiger partial charge in [0.1, 0.15) is 0 Å². The van der Waals surface area contributed by atoms with Crippen LogP contribution in [0.4, 0.5) is 0 Å². The monoisotopic (exact) mass is 343 g/mol. The molecule has 0 spiro atoms. The molecule has 5 heterocycles. The maximum atomic E-state index is 5.40. The van der Waals surface area contributed by atoms with E-state index in [4.69, 9.17) is 4.42 Å². The molecule has 0 aliphatic carbocycles. The van der Waals surface area contributed by atoms with Gasteiger partial charge in [-0.15, -0.1) is 0 Å². The fraction of sp³-hybridized carbons (Fsp3) is 0.200. The van der Waals surface area contributed by atoms with Crippen molar-refractivity contribution in [1.29, 1.82) is 0 Å². The van der Waals surface area contributed by atoms with Gasteiger partial charge in [-0.3, -0.25) is 4.90 Å². The number of rotatable bonds is 3. The molecule has 128 valence electrons. The van der Waals surface area contributed by atoms with Crippen LogP contribution in [-0.4, -0.2) is 31.4 Å². The molecule has 0 fully saturated rings. The van der Waals surface area contributed by atoms with Gasteiger partial charge in [0.25, 0.3) is 0 Å². The van der Waals surface area contributed by atoms with Gasteiger partial charge in [0.15, 0.2) is 17.2 Å². The van der Waals surface area contributed by atoms with Crippen LogP contribution in [0.1, 0.15) is 17.0 Å². The summed E-state index contributed by atoms with van der Waals surface area (Å²) in [5.74, 6) is 1.37. The second-order valence-corrected chi connectivity index (χ2v) is 6.46. The highest BCUT2D eigenvalue weighted by Crippen LogP contribution is 2.22. The van der Waals surface area contributed by atoms with Crippen LogP contribution in [0.25, 0.3) is 22.6 Å². The third-order valence-electron chi connectivity index (χ3n) is 4.66. The summed E-state index contributed by atoms with van der Waals surface area (Å²) in [5, 5.41) is 1.07. The molecule has 4 aromatic heterocycles. The second-order valence-electron chi connectivity index (χ2n) is 6.46. The Morgan fingerprint density at radius 3 is 2.96 bits per heavy atom. The van der Waals surface area contributed by atoms with Crippen LogP contribution in [0.5, 0.6) is 0 Å². The van der Waals surface area contributed by atoms with Crippen molar-refractivity contribution in [2.45, 2.75) is 19.5 Å². The molecule has 0 unspecified atom stereocenters. The standard InChI is InChI=1S/C20H17N5O/c1-3-14-5-6-16(23-19(14)21-8-1)13-25-9-7-17-15(12-25)11-22-20(24-17)18-4-2-10-26-18/h1-6,8,10-11H,7,9,12-13H2. The van der Waals surface area contributed by atoms with E-state index in [9.17, 15) is 0 Å². The lowest BCUT2D eigenvalue weighted by molar-refractivity contribution is 0.240. The van der Waals surface area contributed by atoms with Gasteiger partial charge in [-0.25, -0.2) is 19.9 Å². The Kier molecular flexibility index (Phi) is 3.68. The summed E-state index contributed by atoms with van der Waals surface area (Å²) in [6.07, 6.45) is 6.24. The van der Waals surface area contributed by atoms with Gasteiger partial charge in [0.2, 0.25) is 0 Å². The van der Waals surface area contributed by atoms with Gasteiger partial charge in [-0.1, -0.05) is 0 Å².